The summed E-state index contributed by atoms with van der Waals surface area (Å²) < 4.78 is 10.8. The second-order valence-corrected chi connectivity index (χ2v) is 25.0. The molecule has 0 aromatic carbocycles. The van der Waals surface area contributed by atoms with Gasteiger partial charge in [-0.3, -0.25) is 9.59 Å². The van der Waals surface area contributed by atoms with Crippen LogP contribution in [0.4, 0.5) is 0 Å². The quantitative estimate of drug-likeness (QED) is 0.0373. The molecule has 0 saturated heterocycles. The van der Waals surface area contributed by atoms with E-state index in [2.05, 4.69) is 98.9 Å². The Labute approximate surface area is 524 Å². The van der Waals surface area contributed by atoms with E-state index in [1.807, 2.05) is 0 Å². The summed E-state index contributed by atoms with van der Waals surface area (Å²) in [5.74, 6) is -0.570. The Balaban J connectivity index is 3.40. The molecule has 1 unspecified atom stereocenters. The fourth-order valence-corrected chi connectivity index (χ4v) is 11.1. The van der Waals surface area contributed by atoms with Crippen molar-refractivity contribution in [3.05, 3.63) is 85.1 Å². The third-order valence-corrected chi connectivity index (χ3v) is 16.7. The van der Waals surface area contributed by atoms with Crippen LogP contribution in [0.25, 0.3) is 0 Å². The molecule has 0 rings (SSSR count). The van der Waals surface area contributed by atoms with Gasteiger partial charge in [0.2, 0.25) is 0 Å². The van der Waals surface area contributed by atoms with E-state index < -0.39 is 6.10 Å². The summed E-state index contributed by atoms with van der Waals surface area (Å²) in [6.07, 6.45) is 105. The van der Waals surface area contributed by atoms with Gasteiger partial charge in [0.25, 0.3) is 0 Å². The third-order valence-electron chi connectivity index (χ3n) is 16.7. The fourth-order valence-electron chi connectivity index (χ4n) is 11.1. The van der Waals surface area contributed by atoms with Gasteiger partial charge in [0, 0.05) is 12.8 Å². The molecular formula is C79H142O5. The zero-order chi connectivity index (χ0) is 60.5. The van der Waals surface area contributed by atoms with E-state index in [4.69, 9.17) is 9.47 Å². The Bertz CT molecular complexity index is 1520. The highest BCUT2D eigenvalue weighted by Crippen LogP contribution is 2.19. The molecule has 0 spiro atoms. The monoisotopic (exact) mass is 1170 g/mol. The van der Waals surface area contributed by atoms with E-state index in [1.54, 1.807) is 0 Å². The van der Waals surface area contributed by atoms with E-state index in [1.165, 1.54) is 283 Å². The molecular weight excluding hydrogens is 1030 g/mol. The summed E-state index contributed by atoms with van der Waals surface area (Å²) in [7, 11) is 0. The number of rotatable bonds is 69. The van der Waals surface area contributed by atoms with Crippen LogP contribution in [0.2, 0.25) is 0 Å². The Morgan fingerprint density at radius 1 is 0.286 bits per heavy atom. The molecule has 0 heterocycles. The van der Waals surface area contributed by atoms with Crippen molar-refractivity contribution in [2.45, 2.75) is 392 Å². The van der Waals surface area contributed by atoms with Crippen LogP contribution >= 0.6 is 0 Å². The van der Waals surface area contributed by atoms with Crippen LogP contribution in [0.1, 0.15) is 386 Å². The van der Waals surface area contributed by atoms with Gasteiger partial charge in [-0.25, -0.2) is 0 Å². The number of allylic oxidation sites excluding steroid dienone is 14. The Hall–Kier alpha value is -2.92. The van der Waals surface area contributed by atoms with Gasteiger partial charge in [-0.05, 0) is 89.9 Å². The van der Waals surface area contributed by atoms with Gasteiger partial charge in [-0.1, -0.05) is 369 Å². The van der Waals surface area contributed by atoms with E-state index in [0.717, 1.165) is 77.0 Å². The maximum atomic E-state index is 12.4. The molecule has 1 atom stereocenters. The molecule has 0 saturated carbocycles. The van der Waals surface area contributed by atoms with Crippen LogP contribution in [0.5, 0.6) is 0 Å². The molecule has 0 aliphatic carbocycles. The fraction of sp³-hybridized carbons (Fsp3) is 0.797. The van der Waals surface area contributed by atoms with Gasteiger partial charge in [0.15, 0.2) is 6.10 Å². The first-order valence-electron chi connectivity index (χ1n) is 37.1. The smallest absolute Gasteiger partial charge is 0.306 e. The number of esters is 2. The molecule has 0 aliphatic rings. The number of carbonyl (C=O) groups excluding carboxylic acids is 2. The van der Waals surface area contributed by atoms with Crippen LogP contribution in [-0.2, 0) is 19.1 Å². The van der Waals surface area contributed by atoms with E-state index in [0.29, 0.717) is 12.8 Å². The van der Waals surface area contributed by atoms with Crippen LogP contribution in [-0.4, -0.2) is 36.4 Å². The molecule has 0 amide bonds. The van der Waals surface area contributed by atoms with E-state index >= 15 is 0 Å². The van der Waals surface area contributed by atoms with Gasteiger partial charge >= 0.3 is 11.9 Å². The lowest BCUT2D eigenvalue weighted by Crippen LogP contribution is -2.28. The number of ether oxygens (including phenoxy) is 2. The number of aliphatic hydroxyl groups excluding tert-OH is 1. The Kier molecular flexibility index (Phi) is 71.7. The maximum Gasteiger partial charge on any atom is 0.306 e. The van der Waals surface area contributed by atoms with Gasteiger partial charge in [0.1, 0.15) is 6.61 Å². The van der Waals surface area contributed by atoms with Crippen molar-refractivity contribution in [2.24, 2.45) is 0 Å². The average molecular weight is 1170 g/mol. The number of hydrogen-bond acceptors (Lipinski definition) is 5. The van der Waals surface area contributed by atoms with Gasteiger partial charge in [-0.15, -0.1) is 0 Å². The predicted molar refractivity (Wildman–Crippen MR) is 371 cm³/mol. The summed E-state index contributed by atoms with van der Waals surface area (Å²) in [6, 6.07) is 0. The van der Waals surface area contributed by atoms with Crippen molar-refractivity contribution in [1.82, 2.24) is 0 Å². The number of carbonyl (C=O) groups is 2. The summed E-state index contributed by atoms with van der Waals surface area (Å²) in [5, 5.41) is 9.72. The summed E-state index contributed by atoms with van der Waals surface area (Å²) >= 11 is 0. The maximum absolute atomic E-state index is 12.4. The summed E-state index contributed by atoms with van der Waals surface area (Å²) in [4.78, 5) is 24.7. The molecule has 0 aliphatic heterocycles. The normalized spacial score (nSPS) is 12.7. The van der Waals surface area contributed by atoms with Gasteiger partial charge < -0.3 is 14.6 Å². The lowest BCUT2D eigenvalue weighted by atomic mass is 10.0. The van der Waals surface area contributed by atoms with Gasteiger partial charge in [0.05, 0.1) is 6.61 Å². The highest BCUT2D eigenvalue weighted by Gasteiger charge is 2.16. The molecule has 0 bridgehead atoms. The van der Waals surface area contributed by atoms with Crippen LogP contribution in [0, 0.1) is 0 Å². The van der Waals surface area contributed by atoms with Crippen molar-refractivity contribution >= 4 is 11.9 Å². The Morgan fingerprint density at radius 3 is 0.774 bits per heavy atom. The first-order chi connectivity index (χ1) is 41.6. The highest BCUT2D eigenvalue weighted by atomic mass is 16.6. The van der Waals surface area contributed by atoms with Gasteiger partial charge in [-0.2, -0.15) is 0 Å². The number of aliphatic hydroxyl groups is 1. The zero-order valence-corrected chi connectivity index (χ0v) is 56.2. The standard InChI is InChI=1S/C79H142O5/c1-3-5-7-9-11-13-15-17-19-21-23-25-27-29-31-33-35-37-38-39-40-42-44-46-48-50-52-54-56-58-60-62-64-66-68-70-72-74-79(82)84-77(75-80)76-83-78(81)73-71-69-67-65-63-61-59-57-55-53-51-49-47-45-43-41-36-34-32-30-28-26-24-22-20-18-16-14-12-10-8-6-4-2/h5,7,11,13,16-19,22-25,29,31,77,80H,3-4,6,8-10,12,14-15,20-21,26-28,30,32-76H2,1-2H3/b7-5-,13-11-,18-16-,19-17-,24-22-,25-23-,31-29-. The van der Waals surface area contributed by atoms with Crippen LogP contribution < -0.4 is 0 Å². The van der Waals surface area contributed by atoms with Crippen molar-refractivity contribution < 1.29 is 24.2 Å². The molecule has 0 aromatic rings. The highest BCUT2D eigenvalue weighted by molar-refractivity contribution is 5.70. The first kappa shape index (κ1) is 81.1. The Morgan fingerprint density at radius 2 is 0.512 bits per heavy atom. The SMILES string of the molecule is CC/C=C\C/C=C\C/C=C\C/C=C\C/C=C\CCCCCCCCCCCCCCCCCCCCCCCC(=O)OC(CO)COC(=O)CCCCCCCCCCCCCCCCCCCCCCC/C=C\C/C=C\CCCCCCC. The largest absolute Gasteiger partial charge is 0.462 e. The molecule has 5 heteroatoms. The van der Waals surface area contributed by atoms with Crippen molar-refractivity contribution in [3.63, 3.8) is 0 Å². The molecule has 0 radical (unpaired) electrons. The zero-order valence-electron chi connectivity index (χ0n) is 56.2. The van der Waals surface area contributed by atoms with Crippen LogP contribution in [0.15, 0.2) is 85.1 Å². The van der Waals surface area contributed by atoms with Crippen LogP contribution in [0.3, 0.4) is 0 Å². The number of hydrogen-bond donors (Lipinski definition) is 1. The van der Waals surface area contributed by atoms with E-state index in [-0.39, 0.29) is 25.2 Å². The molecule has 0 aromatic heterocycles. The van der Waals surface area contributed by atoms with Crippen molar-refractivity contribution in [3.8, 4) is 0 Å². The lowest BCUT2D eigenvalue weighted by molar-refractivity contribution is -0.161. The summed E-state index contributed by atoms with van der Waals surface area (Å²) in [5.41, 5.74) is 0. The second-order valence-electron chi connectivity index (χ2n) is 25.0. The minimum absolute atomic E-state index is 0.0619. The molecule has 0 fully saturated rings. The topological polar surface area (TPSA) is 72.8 Å². The minimum Gasteiger partial charge on any atom is -0.462 e. The molecule has 5 nitrogen and oxygen atoms in total. The molecule has 488 valence electrons. The summed E-state index contributed by atoms with van der Waals surface area (Å²) in [6.45, 7) is 4.07. The molecule has 84 heavy (non-hydrogen) atoms. The molecule has 1 N–H and O–H groups in total. The minimum atomic E-state index is -0.773. The van der Waals surface area contributed by atoms with E-state index in [9.17, 15) is 14.7 Å². The second kappa shape index (κ2) is 74.3. The third kappa shape index (κ3) is 71.6. The van der Waals surface area contributed by atoms with Crippen molar-refractivity contribution in [1.29, 1.82) is 0 Å². The van der Waals surface area contributed by atoms with Crippen molar-refractivity contribution in [2.75, 3.05) is 13.2 Å². The first-order valence-corrected chi connectivity index (χ1v) is 37.1. The average Bonchev–Trinajstić information content (AvgIpc) is 3.51. The number of unbranched alkanes of at least 4 members (excludes halogenated alkanes) is 47. The predicted octanol–water partition coefficient (Wildman–Crippen LogP) is 26.0. The lowest BCUT2D eigenvalue weighted by Gasteiger charge is -2.15.